The highest BCUT2D eigenvalue weighted by Gasteiger charge is 2.31. The number of anilines is 1. The average Bonchev–Trinajstić information content (AvgIpc) is 3.09. The second-order valence-corrected chi connectivity index (χ2v) is 6.78. The molecule has 0 aromatic carbocycles. The maximum Gasteiger partial charge on any atom is 0.226 e. The number of aryl methyl sites for hydroxylation is 1. The monoisotopic (exact) mass is 303 g/mol. The zero-order chi connectivity index (χ0) is 14.4. The van der Waals surface area contributed by atoms with Gasteiger partial charge in [0.2, 0.25) is 5.91 Å². The summed E-state index contributed by atoms with van der Waals surface area (Å²) in [7, 11) is 0. The predicted octanol–water partition coefficient (Wildman–Crippen LogP) is 1.07. The van der Waals surface area contributed by atoms with Gasteiger partial charge in [0, 0.05) is 48.6 Å². The van der Waals surface area contributed by atoms with E-state index < -0.39 is 0 Å². The summed E-state index contributed by atoms with van der Waals surface area (Å²) in [5, 5.41) is 4.87. The number of fused-ring (bicyclic) bond motifs is 2. The summed E-state index contributed by atoms with van der Waals surface area (Å²) in [6, 6.07) is 2.01. The maximum absolute atomic E-state index is 12.8. The summed E-state index contributed by atoms with van der Waals surface area (Å²) in [5.74, 6) is 0.348. The van der Waals surface area contributed by atoms with Gasteiger partial charge in [0.25, 0.3) is 0 Å². The first-order chi connectivity index (χ1) is 10.2. The third-order valence-corrected chi connectivity index (χ3v) is 5.27. The summed E-state index contributed by atoms with van der Waals surface area (Å²) in [4.78, 5) is 20.2. The topological polar surface area (TPSA) is 77.0 Å². The molecule has 0 bridgehead atoms. The van der Waals surface area contributed by atoms with Crippen LogP contribution in [-0.2, 0) is 30.7 Å². The van der Waals surface area contributed by atoms with Crippen molar-refractivity contribution in [1.82, 2.24) is 19.7 Å². The molecule has 0 spiro atoms. The molecule has 0 saturated carbocycles. The van der Waals surface area contributed by atoms with Gasteiger partial charge in [0.1, 0.15) is 0 Å². The van der Waals surface area contributed by atoms with E-state index in [0.717, 1.165) is 42.9 Å². The van der Waals surface area contributed by atoms with Crippen LogP contribution in [0.15, 0.2) is 12.3 Å². The number of carbonyl (C=O) groups excluding carboxylic acids is 1. The number of rotatable bonds is 1. The molecule has 110 valence electrons. The number of hydrogen-bond donors (Lipinski definition) is 1. The van der Waals surface area contributed by atoms with E-state index in [9.17, 15) is 4.79 Å². The van der Waals surface area contributed by atoms with Crippen molar-refractivity contribution in [3.63, 3.8) is 0 Å². The van der Waals surface area contributed by atoms with E-state index in [-0.39, 0.29) is 11.8 Å². The summed E-state index contributed by atoms with van der Waals surface area (Å²) in [6.07, 6.45) is 4.31. The molecule has 2 N–H and O–H groups in total. The normalized spacial score (nSPS) is 21.0. The quantitative estimate of drug-likeness (QED) is 0.855. The van der Waals surface area contributed by atoms with Crippen LogP contribution >= 0.6 is 11.3 Å². The van der Waals surface area contributed by atoms with E-state index >= 15 is 0 Å². The fourth-order valence-corrected chi connectivity index (χ4v) is 4.13. The number of amides is 1. The van der Waals surface area contributed by atoms with Gasteiger partial charge < -0.3 is 10.6 Å². The molecule has 2 aromatic rings. The van der Waals surface area contributed by atoms with Crippen molar-refractivity contribution >= 4 is 22.4 Å². The number of thiazole rings is 1. The van der Waals surface area contributed by atoms with Gasteiger partial charge in [0.15, 0.2) is 5.13 Å². The number of nitrogens with two attached hydrogens (primary N) is 1. The molecule has 6 nitrogen and oxygen atoms in total. The molecule has 21 heavy (non-hydrogen) atoms. The Balaban J connectivity index is 1.49. The van der Waals surface area contributed by atoms with Crippen molar-refractivity contribution in [1.29, 1.82) is 0 Å². The number of nitrogens with zero attached hydrogens (tertiary/aromatic N) is 4. The van der Waals surface area contributed by atoms with E-state index in [4.69, 9.17) is 5.73 Å². The van der Waals surface area contributed by atoms with Gasteiger partial charge in [-0.1, -0.05) is 0 Å². The molecule has 7 heteroatoms. The molecular formula is C14H17N5OS. The van der Waals surface area contributed by atoms with Crippen LogP contribution in [0.5, 0.6) is 0 Å². The summed E-state index contributed by atoms with van der Waals surface area (Å²) < 4.78 is 2.00. The Kier molecular flexibility index (Phi) is 2.95. The van der Waals surface area contributed by atoms with Crippen molar-refractivity contribution in [2.24, 2.45) is 5.92 Å². The average molecular weight is 303 g/mol. The van der Waals surface area contributed by atoms with Gasteiger partial charge in [-0.2, -0.15) is 5.10 Å². The second kappa shape index (κ2) is 4.84. The fourth-order valence-electron chi connectivity index (χ4n) is 3.24. The van der Waals surface area contributed by atoms with E-state index in [2.05, 4.69) is 10.1 Å². The maximum atomic E-state index is 12.8. The lowest BCUT2D eigenvalue weighted by Crippen LogP contribution is -2.41. The van der Waals surface area contributed by atoms with Crippen LogP contribution in [0.25, 0.3) is 0 Å². The first kappa shape index (κ1) is 12.8. The van der Waals surface area contributed by atoms with Gasteiger partial charge in [-0.15, -0.1) is 11.3 Å². The molecule has 0 fully saturated rings. The van der Waals surface area contributed by atoms with Crippen molar-refractivity contribution < 1.29 is 4.79 Å². The van der Waals surface area contributed by atoms with E-state index in [1.807, 2.05) is 21.8 Å². The van der Waals surface area contributed by atoms with Crippen molar-refractivity contribution in [3.8, 4) is 0 Å². The van der Waals surface area contributed by atoms with Crippen LogP contribution in [0.2, 0.25) is 0 Å². The first-order valence-corrected chi connectivity index (χ1v) is 8.06. The van der Waals surface area contributed by atoms with Crippen LogP contribution in [0.3, 0.4) is 0 Å². The Labute approximate surface area is 126 Å². The first-order valence-electron chi connectivity index (χ1n) is 7.24. The number of hydrogen-bond acceptors (Lipinski definition) is 5. The highest BCUT2D eigenvalue weighted by atomic mass is 32.1. The third kappa shape index (κ3) is 2.21. The SMILES string of the molecule is Nc1nc2c(s1)CN(C(=O)C1CCn3nccc3C1)CC2. The molecule has 4 rings (SSSR count). The number of aromatic nitrogens is 3. The van der Waals surface area contributed by atoms with Crippen LogP contribution < -0.4 is 5.73 Å². The fraction of sp³-hybridized carbons (Fsp3) is 0.500. The van der Waals surface area contributed by atoms with Gasteiger partial charge in [0.05, 0.1) is 12.2 Å². The molecule has 1 atom stereocenters. The molecule has 0 aliphatic carbocycles. The Bertz CT molecular complexity index is 691. The Morgan fingerprint density at radius 3 is 3.24 bits per heavy atom. The minimum atomic E-state index is 0.0843. The highest BCUT2D eigenvalue weighted by molar-refractivity contribution is 7.15. The summed E-state index contributed by atoms with van der Waals surface area (Å²) >= 11 is 1.51. The van der Waals surface area contributed by atoms with Crippen LogP contribution in [0.1, 0.15) is 22.7 Å². The minimum Gasteiger partial charge on any atom is -0.375 e. The molecular weight excluding hydrogens is 286 g/mol. The molecule has 2 aliphatic rings. The van der Waals surface area contributed by atoms with Gasteiger partial charge in [-0.3, -0.25) is 9.48 Å². The van der Waals surface area contributed by atoms with E-state index in [0.29, 0.717) is 11.7 Å². The van der Waals surface area contributed by atoms with Crippen LogP contribution in [0, 0.1) is 5.92 Å². The van der Waals surface area contributed by atoms with Crippen molar-refractivity contribution in [2.75, 3.05) is 12.3 Å². The zero-order valence-electron chi connectivity index (χ0n) is 11.7. The molecule has 2 aliphatic heterocycles. The lowest BCUT2D eigenvalue weighted by molar-refractivity contribution is -0.137. The van der Waals surface area contributed by atoms with Crippen molar-refractivity contribution in [2.45, 2.75) is 32.4 Å². The Hall–Kier alpha value is -1.89. The number of nitrogen functional groups attached to an aromatic ring is 1. The minimum absolute atomic E-state index is 0.0843. The smallest absolute Gasteiger partial charge is 0.226 e. The van der Waals surface area contributed by atoms with E-state index in [1.165, 1.54) is 17.0 Å². The van der Waals surface area contributed by atoms with Crippen LogP contribution in [-0.4, -0.2) is 32.1 Å². The highest BCUT2D eigenvalue weighted by Crippen LogP contribution is 2.29. The standard InChI is InChI=1S/C14H17N5OS/c15-14-17-11-3-5-18(8-12(11)21-14)13(20)9-2-6-19-10(7-9)1-4-16-19/h1,4,9H,2-3,5-8H2,(H2,15,17). The van der Waals surface area contributed by atoms with Crippen LogP contribution in [0.4, 0.5) is 5.13 Å². The second-order valence-electron chi connectivity index (χ2n) is 5.67. The van der Waals surface area contributed by atoms with Gasteiger partial charge >= 0.3 is 0 Å². The number of carbonyl (C=O) groups is 1. The molecule has 1 amide bonds. The molecule has 0 saturated heterocycles. The summed E-state index contributed by atoms with van der Waals surface area (Å²) in [6.45, 7) is 2.26. The van der Waals surface area contributed by atoms with Crippen molar-refractivity contribution in [3.05, 3.63) is 28.5 Å². The van der Waals surface area contributed by atoms with Gasteiger partial charge in [-0.25, -0.2) is 4.98 Å². The van der Waals surface area contributed by atoms with E-state index in [1.54, 1.807) is 0 Å². The largest absolute Gasteiger partial charge is 0.375 e. The molecule has 4 heterocycles. The lowest BCUT2D eigenvalue weighted by Gasteiger charge is -2.31. The zero-order valence-corrected chi connectivity index (χ0v) is 12.5. The van der Waals surface area contributed by atoms with Gasteiger partial charge in [-0.05, 0) is 12.5 Å². The lowest BCUT2D eigenvalue weighted by atomic mass is 9.94. The third-order valence-electron chi connectivity index (χ3n) is 4.36. The molecule has 1 unspecified atom stereocenters. The Morgan fingerprint density at radius 2 is 2.33 bits per heavy atom. The molecule has 0 radical (unpaired) electrons. The predicted molar refractivity (Wildman–Crippen MR) is 79.7 cm³/mol. The Morgan fingerprint density at radius 1 is 1.43 bits per heavy atom. The molecule has 2 aromatic heterocycles. The summed E-state index contributed by atoms with van der Waals surface area (Å²) in [5.41, 5.74) is 8.00.